The quantitative estimate of drug-likeness (QED) is 0.755. The Bertz CT molecular complexity index is 818. The van der Waals surface area contributed by atoms with Crippen molar-refractivity contribution in [3.8, 4) is 0 Å². The van der Waals surface area contributed by atoms with Crippen molar-refractivity contribution in [2.24, 2.45) is 0 Å². The van der Waals surface area contributed by atoms with Crippen LogP contribution in [0.2, 0.25) is 0 Å². The smallest absolute Gasteiger partial charge is 0.275 e. The van der Waals surface area contributed by atoms with E-state index >= 15 is 0 Å². The van der Waals surface area contributed by atoms with Gasteiger partial charge in [0.05, 0.1) is 24.6 Å². The van der Waals surface area contributed by atoms with Crippen molar-refractivity contribution in [2.45, 2.75) is 13.5 Å². The number of carbonyl (C=O) groups excluding carboxylic acids is 1. The molecule has 3 aromatic rings. The second kappa shape index (κ2) is 7.32. The normalized spacial score (nSPS) is 10.2. The van der Waals surface area contributed by atoms with Gasteiger partial charge in [-0.2, -0.15) is 0 Å². The SMILES string of the molecule is Cc1cccc(NC(=O)c2cnc(NCc3ccccn3)cn2)c1. The third kappa shape index (κ3) is 4.13. The molecule has 3 rings (SSSR count). The molecule has 1 amide bonds. The highest BCUT2D eigenvalue weighted by atomic mass is 16.1. The number of anilines is 2. The topological polar surface area (TPSA) is 79.8 Å². The molecule has 0 spiro atoms. The summed E-state index contributed by atoms with van der Waals surface area (Å²) in [6.07, 6.45) is 4.72. The Balaban J connectivity index is 1.60. The molecule has 1 aromatic carbocycles. The van der Waals surface area contributed by atoms with Crippen LogP contribution in [-0.4, -0.2) is 20.9 Å². The monoisotopic (exact) mass is 319 g/mol. The van der Waals surface area contributed by atoms with Crippen LogP contribution in [0.3, 0.4) is 0 Å². The van der Waals surface area contributed by atoms with Gasteiger partial charge in [-0.1, -0.05) is 18.2 Å². The molecule has 6 heteroatoms. The van der Waals surface area contributed by atoms with E-state index in [0.717, 1.165) is 16.9 Å². The Kier molecular flexibility index (Phi) is 4.76. The number of pyridine rings is 1. The van der Waals surface area contributed by atoms with Gasteiger partial charge in [0, 0.05) is 11.9 Å². The van der Waals surface area contributed by atoms with E-state index in [1.807, 2.05) is 49.4 Å². The molecular weight excluding hydrogens is 302 g/mol. The minimum absolute atomic E-state index is 0.264. The van der Waals surface area contributed by atoms with Crippen molar-refractivity contribution in [3.63, 3.8) is 0 Å². The molecule has 0 aliphatic carbocycles. The zero-order chi connectivity index (χ0) is 16.8. The fourth-order valence-corrected chi connectivity index (χ4v) is 2.14. The van der Waals surface area contributed by atoms with E-state index in [4.69, 9.17) is 0 Å². The van der Waals surface area contributed by atoms with Gasteiger partial charge >= 0.3 is 0 Å². The predicted molar refractivity (Wildman–Crippen MR) is 92.7 cm³/mol. The Morgan fingerprint density at radius 2 is 1.96 bits per heavy atom. The van der Waals surface area contributed by atoms with Gasteiger partial charge in [0.15, 0.2) is 0 Å². The Hall–Kier alpha value is -3.28. The van der Waals surface area contributed by atoms with Gasteiger partial charge in [0.25, 0.3) is 5.91 Å². The summed E-state index contributed by atoms with van der Waals surface area (Å²) >= 11 is 0. The van der Waals surface area contributed by atoms with Gasteiger partial charge in [0.2, 0.25) is 0 Å². The summed E-state index contributed by atoms with van der Waals surface area (Å²) in [5, 5.41) is 5.92. The minimum Gasteiger partial charge on any atom is -0.363 e. The number of nitrogens with one attached hydrogen (secondary N) is 2. The molecule has 0 atom stereocenters. The number of carbonyl (C=O) groups is 1. The molecule has 0 unspecified atom stereocenters. The molecule has 6 nitrogen and oxygen atoms in total. The Morgan fingerprint density at radius 3 is 2.67 bits per heavy atom. The second-order valence-electron chi connectivity index (χ2n) is 5.29. The average Bonchev–Trinajstić information content (AvgIpc) is 2.61. The third-order valence-corrected chi connectivity index (χ3v) is 3.34. The van der Waals surface area contributed by atoms with Crippen molar-refractivity contribution < 1.29 is 4.79 Å². The van der Waals surface area contributed by atoms with Gasteiger partial charge in [-0.05, 0) is 36.8 Å². The molecule has 0 saturated carbocycles. The van der Waals surface area contributed by atoms with Crippen LogP contribution in [-0.2, 0) is 6.54 Å². The van der Waals surface area contributed by atoms with Crippen molar-refractivity contribution in [1.29, 1.82) is 0 Å². The van der Waals surface area contributed by atoms with E-state index in [1.54, 1.807) is 6.20 Å². The van der Waals surface area contributed by atoms with Gasteiger partial charge in [-0.15, -0.1) is 0 Å². The highest BCUT2D eigenvalue weighted by Gasteiger charge is 2.08. The van der Waals surface area contributed by atoms with E-state index in [9.17, 15) is 4.79 Å². The number of nitrogens with zero attached hydrogens (tertiary/aromatic N) is 3. The van der Waals surface area contributed by atoms with Crippen LogP contribution < -0.4 is 10.6 Å². The van der Waals surface area contributed by atoms with E-state index in [1.165, 1.54) is 12.4 Å². The number of aryl methyl sites for hydroxylation is 1. The fourth-order valence-electron chi connectivity index (χ4n) is 2.14. The van der Waals surface area contributed by atoms with Crippen LogP contribution in [0.5, 0.6) is 0 Å². The largest absolute Gasteiger partial charge is 0.363 e. The van der Waals surface area contributed by atoms with Crippen molar-refractivity contribution >= 4 is 17.4 Å². The van der Waals surface area contributed by atoms with Gasteiger partial charge in [0.1, 0.15) is 11.5 Å². The van der Waals surface area contributed by atoms with Crippen LogP contribution in [0.1, 0.15) is 21.7 Å². The maximum Gasteiger partial charge on any atom is 0.275 e. The van der Waals surface area contributed by atoms with Gasteiger partial charge in [-0.25, -0.2) is 9.97 Å². The first kappa shape index (κ1) is 15.6. The third-order valence-electron chi connectivity index (χ3n) is 3.34. The van der Waals surface area contributed by atoms with Crippen LogP contribution >= 0.6 is 0 Å². The van der Waals surface area contributed by atoms with E-state index in [-0.39, 0.29) is 11.6 Å². The highest BCUT2D eigenvalue weighted by Crippen LogP contribution is 2.11. The number of amides is 1. The summed E-state index contributed by atoms with van der Waals surface area (Å²) in [4.78, 5) is 24.8. The molecule has 0 saturated heterocycles. The molecule has 0 bridgehead atoms. The first-order valence-electron chi connectivity index (χ1n) is 7.54. The number of benzene rings is 1. The lowest BCUT2D eigenvalue weighted by molar-refractivity contribution is 0.102. The lowest BCUT2D eigenvalue weighted by atomic mass is 10.2. The maximum atomic E-state index is 12.2. The summed E-state index contributed by atoms with van der Waals surface area (Å²) in [6, 6.07) is 13.3. The fraction of sp³-hybridized carbons (Fsp3) is 0.111. The molecular formula is C18H17N5O. The number of hydrogen-bond donors (Lipinski definition) is 2. The van der Waals surface area contributed by atoms with Crippen LogP contribution in [0.15, 0.2) is 61.1 Å². The predicted octanol–water partition coefficient (Wildman–Crippen LogP) is 3.04. The standard InChI is InChI=1S/C18H17N5O/c1-13-5-4-7-14(9-13)23-18(24)16-11-22-17(12-20-16)21-10-15-6-2-3-8-19-15/h2-9,11-12H,10H2,1H3,(H,21,22)(H,23,24). The molecule has 0 radical (unpaired) electrons. The lowest BCUT2D eigenvalue weighted by Gasteiger charge is -2.07. The summed E-state index contributed by atoms with van der Waals surface area (Å²) in [5.41, 5.74) is 2.98. The van der Waals surface area contributed by atoms with E-state index in [2.05, 4.69) is 25.6 Å². The maximum absolute atomic E-state index is 12.2. The van der Waals surface area contributed by atoms with Crippen molar-refractivity contribution in [2.75, 3.05) is 10.6 Å². The number of aromatic nitrogens is 3. The van der Waals surface area contributed by atoms with Crippen LogP contribution in [0, 0.1) is 6.92 Å². The van der Waals surface area contributed by atoms with Crippen LogP contribution in [0.25, 0.3) is 0 Å². The van der Waals surface area contributed by atoms with Crippen LogP contribution in [0.4, 0.5) is 11.5 Å². The zero-order valence-electron chi connectivity index (χ0n) is 13.2. The second-order valence-corrected chi connectivity index (χ2v) is 5.29. The highest BCUT2D eigenvalue weighted by molar-refractivity contribution is 6.02. The molecule has 2 heterocycles. The Labute approximate surface area is 140 Å². The Morgan fingerprint density at radius 1 is 1.04 bits per heavy atom. The van der Waals surface area contributed by atoms with Crippen molar-refractivity contribution in [1.82, 2.24) is 15.0 Å². The lowest BCUT2D eigenvalue weighted by Crippen LogP contribution is -2.14. The number of hydrogen-bond acceptors (Lipinski definition) is 5. The van der Waals surface area contributed by atoms with Gasteiger partial charge in [-0.3, -0.25) is 9.78 Å². The molecule has 24 heavy (non-hydrogen) atoms. The average molecular weight is 319 g/mol. The van der Waals surface area contributed by atoms with Crippen molar-refractivity contribution in [3.05, 3.63) is 78.0 Å². The zero-order valence-corrected chi connectivity index (χ0v) is 13.2. The summed E-state index contributed by atoms with van der Waals surface area (Å²) in [5.74, 6) is 0.303. The van der Waals surface area contributed by atoms with E-state index < -0.39 is 0 Å². The molecule has 0 aliphatic heterocycles. The first-order chi connectivity index (χ1) is 11.7. The molecule has 2 aromatic heterocycles. The molecule has 120 valence electrons. The number of rotatable bonds is 5. The molecule has 0 fully saturated rings. The van der Waals surface area contributed by atoms with Gasteiger partial charge < -0.3 is 10.6 Å². The summed E-state index contributed by atoms with van der Waals surface area (Å²) in [6.45, 7) is 2.52. The first-order valence-corrected chi connectivity index (χ1v) is 7.54. The minimum atomic E-state index is -0.288. The summed E-state index contributed by atoms with van der Waals surface area (Å²) < 4.78 is 0. The summed E-state index contributed by atoms with van der Waals surface area (Å²) in [7, 11) is 0. The molecule has 2 N–H and O–H groups in total. The van der Waals surface area contributed by atoms with E-state index in [0.29, 0.717) is 12.4 Å². The molecule has 0 aliphatic rings.